The van der Waals surface area contributed by atoms with Crippen LogP contribution in [0.25, 0.3) is 10.9 Å². The third-order valence-electron chi connectivity index (χ3n) is 4.61. The molecule has 1 fully saturated rings. The zero-order valence-electron chi connectivity index (χ0n) is 14.2. The first kappa shape index (κ1) is 17.6. The van der Waals surface area contributed by atoms with Gasteiger partial charge in [0.15, 0.2) is 0 Å². The molecule has 132 valence electrons. The Hall–Kier alpha value is -2.17. The minimum atomic E-state index is -3.10. The third-order valence-corrected chi connectivity index (χ3v) is 5.74. The normalized spacial score (nSPS) is 17.1. The first-order valence-electron chi connectivity index (χ1n) is 8.20. The summed E-state index contributed by atoms with van der Waals surface area (Å²) in [6, 6.07) is 11.4. The van der Waals surface area contributed by atoms with Gasteiger partial charge in [0.25, 0.3) is 0 Å². The Morgan fingerprint density at radius 2 is 2.04 bits per heavy atom. The van der Waals surface area contributed by atoms with E-state index in [-0.39, 0.29) is 11.2 Å². The van der Waals surface area contributed by atoms with Crippen LogP contribution in [0.15, 0.2) is 30.3 Å². The topological polar surface area (TPSA) is 92.1 Å². The number of fused-ring (bicyclic) bond motifs is 1. The van der Waals surface area contributed by atoms with Crippen molar-refractivity contribution < 1.29 is 13.2 Å². The van der Waals surface area contributed by atoms with Gasteiger partial charge in [0, 0.05) is 42.5 Å². The molecule has 0 atom stereocenters. The van der Waals surface area contributed by atoms with Crippen molar-refractivity contribution in [3.8, 4) is 6.07 Å². The molecule has 1 saturated heterocycles. The number of anilines is 1. The molecule has 6 nitrogen and oxygen atoms in total. The average molecular weight is 359 g/mol. The molecule has 3 rings (SSSR count). The highest BCUT2D eigenvalue weighted by Gasteiger charge is 2.36. The number of sulfone groups is 1. The summed E-state index contributed by atoms with van der Waals surface area (Å²) in [7, 11) is -3.10. The fourth-order valence-electron chi connectivity index (χ4n) is 3.39. The first-order chi connectivity index (χ1) is 11.9. The van der Waals surface area contributed by atoms with Gasteiger partial charge in [0.05, 0.1) is 11.3 Å². The highest BCUT2D eigenvalue weighted by Crippen LogP contribution is 2.33. The average Bonchev–Trinajstić information content (AvgIpc) is 2.58. The maximum atomic E-state index is 11.9. The van der Waals surface area contributed by atoms with Crippen LogP contribution in [-0.4, -0.2) is 45.2 Å². The van der Waals surface area contributed by atoms with Gasteiger partial charge >= 0.3 is 0 Å². The van der Waals surface area contributed by atoms with E-state index >= 15 is 0 Å². The van der Waals surface area contributed by atoms with Crippen LogP contribution in [0.3, 0.4) is 0 Å². The van der Waals surface area contributed by atoms with E-state index in [0.29, 0.717) is 38.3 Å². The summed E-state index contributed by atoms with van der Waals surface area (Å²) in [5.74, 6) is 0.129. The van der Waals surface area contributed by atoms with E-state index in [4.69, 9.17) is 4.74 Å². The van der Waals surface area contributed by atoms with Gasteiger partial charge in [-0.3, -0.25) is 0 Å². The maximum Gasteiger partial charge on any atom is 0.148 e. The number of rotatable bonds is 5. The van der Waals surface area contributed by atoms with Crippen molar-refractivity contribution >= 4 is 26.4 Å². The van der Waals surface area contributed by atoms with Gasteiger partial charge in [0.1, 0.15) is 21.6 Å². The molecule has 25 heavy (non-hydrogen) atoms. The third kappa shape index (κ3) is 4.27. The predicted octanol–water partition coefficient (Wildman–Crippen LogP) is 2.36. The monoisotopic (exact) mass is 359 g/mol. The minimum absolute atomic E-state index is 0.129. The Morgan fingerprint density at radius 3 is 2.72 bits per heavy atom. The fourth-order valence-corrected chi connectivity index (χ4v) is 4.90. The lowest BCUT2D eigenvalue weighted by atomic mass is 9.82. The Bertz CT molecular complexity index is 913. The van der Waals surface area contributed by atoms with E-state index in [2.05, 4.69) is 16.4 Å². The van der Waals surface area contributed by atoms with E-state index in [9.17, 15) is 13.7 Å². The number of ether oxygens (including phenoxy) is 1. The molecule has 0 saturated carbocycles. The summed E-state index contributed by atoms with van der Waals surface area (Å²) < 4.78 is 29.2. The Labute approximate surface area is 147 Å². The minimum Gasteiger partial charge on any atom is -0.384 e. The highest BCUT2D eigenvalue weighted by molar-refractivity contribution is 7.90. The number of nitrogens with zero attached hydrogens (tertiary/aromatic N) is 2. The Morgan fingerprint density at radius 1 is 1.32 bits per heavy atom. The molecule has 1 aromatic carbocycles. The van der Waals surface area contributed by atoms with Crippen LogP contribution in [0.4, 0.5) is 5.69 Å². The zero-order valence-corrected chi connectivity index (χ0v) is 15.0. The van der Waals surface area contributed by atoms with Crippen LogP contribution >= 0.6 is 0 Å². The van der Waals surface area contributed by atoms with Gasteiger partial charge in [-0.25, -0.2) is 13.4 Å². The molecule has 0 aliphatic carbocycles. The second-order valence-electron chi connectivity index (χ2n) is 6.72. The Balaban J connectivity index is 1.91. The summed E-state index contributed by atoms with van der Waals surface area (Å²) in [5, 5.41) is 13.5. The SMILES string of the molecule is CS(=O)(=O)CC1(CNc2cc(C#N)nc3ccccc23)CCOCC1. The van der Waals surface area contributed by atoms with Gasteiger partial charge in [-0.1, -0.05) is 18.2 Å². The predicted molar refractivity (Wildman–Crippen MR) is 97.1 cm³/mol. The molecule has 1 N–H and O–H groups in total. The number of pyridine rings is 1. The van der Waals surface area contributed by atoms with Crippen LogP contribution in [-0.2, 0) is 14.6 Å². The number of hydrogen-bond donors (Lipinski definition) is 1. The molecule has 7 heteroatoms. The number of aromatic nitrogens is 1. The molecule has 2 aromatic rings. The van der Waals surface area contributed by atoms with Gasteiger partial charge in [-0.15, -0.1) is 0 Å². The summed E-state index contributed by atoms with van der Waals surface area (Å²) in [6.07, 6.45) is 2.67. The summed E-state index contributed by atoms with van der Waals surface area (Å²) in [6.45, 7) is 1.65. The quantitative estimate of drug-likeness (QED) is 0.881. The number of nitriles is 1. The molecule has 1 aliphatic heterocycles. The van der Waals surface area contributed by atoms with Crippen molar-refractivity contribution in [2.45, 2.75) is 12.8 Å². The van der Waals surface area contributed by atoms with Crippen molar-refractivity contribution in [2.24, 2.45) is 5.41 Å². The van der Waals surface area contributed by atoms with Crippen LogP contribution < -0.4 is 5.32 Å². The molecule has 0 amide bonds. The standard InChI is InChI=1S/C18H21N3O3S/c1-25(22,23)13-18(6-8-24-9-7-18)12-20-17-10-14(11-19)21-16-5-3-2-4-15(16)17/h2-5,10H,6-9,12-13H2,1H3,(H,20,21). The molecule has 0 radical (unpaired) electrons. The molecule has 0 unspecified atom stereocenters. The van der Waals surface area contributed by atoms with Crippen molar-refractivity contribution in [1.82, 2.24) is 4.98 Å². The lowest BCUT2D eigenvalue weighted by Crippen LogP contribution is -2.41. The van der Waals surface area contributed by atoms with E-state index in [1.807, 2.05) is 24.3 Å². The van der Waals surface area contributed by atoms with Crippen molar-refractivity contribution in [2.75, 3.05) is 37.1 Å². The second kappa shape index (κ2) is 6.98. The maximum absolute atomic E-state index is 11.9. The Kier molecular flexibility index (Phi) is 4.93. The molecule has 0 bridgehead atoms. The number of hydrogen-bond acceptors (Lipinski definition) is 6. The highest BCUT2D eigenvalue weighted by atomic mass is 32.2. The number of benzene rings is 1. The lowest BCUT2D eigenvalue weighted by Gasteiger charge is -2.37. The summed E-state index contributed by atoms with van der Waals surface area (Å²) in [4.78, 5) is 4.31. The molecule has 1 aliphatic rings. The number of para-hydroxylation sites is 1. The van der Waals surface area contributed by atoms with E-state index < -0.39 is 9.84 Å². The van der Waals surface area contributed by atoms with E-state index in [1.165, 1.54) is 6.26 Å². The fraction of sp³-hybridized carbons (Fsp3) is 0.444. The second-order valence-corrected chi connectivity index (χ2v) is 8.86. The number of nitrogens with one attached hydrogen (secondary N) is 1. The van der Waals surface area contributed by atoms with Crippen LogP contribution in [0.5, 0.6) is 0 Å². The lowest BCUT2D eigenvalue weighted by molar-refractivity contribution is 0.0315. The smallest absolute Gasteiger partial charge is 0.148 e. The zero-order chi connectivity index (χ0) is 17.9. The van der Waals surface area contributed by atoms with Gasteiger partial charge in [-0.05, 0) is 25.0 Å². The molecule has 0 spiro atoms. The summed E-state index contributed by atoms with van der Waals surface area (Å²) >= 11 is 0. The first-order valence-corrected chi connectivity index (χ1v) is 10.3. The molecular weight excluding hydrogens is 338 g/mol. The van der Waals surface area contributed by atoms with Crippen molar-refractivity contribution in [1.29, 1.82) is 5.26 Å². The van der Waals surface area contributed by atoms with Crippen LogP contribution in [0.1, 0.15) is 18.5 Å². The van der Waals surface area contributed by atoms with Crippen LogP contribution in [0, 0.1) is 16.7 Å². The van der Waals surface area contributed by atoms with Gasteiger partial charge in [0.2, 0.25) is 0 Å². The van der Waals surface area contributed by atoms with E-state index in [0.717, 1.165) is 16.6 Å². The van der Waals surface area contributed by atoms with Crippen molar-refractivity contribution in [3.05, 3.63) is 36.0 Å². The summed E-state index contributed by atoms with van der Waals surface area (Å²) in [5.41, 5.74) is 1.53. The molecule has 1 aromatic heterocycles. The molecule has 2 heterocycles. The molecular formula is C18H21N3O3S. The van der Waals surface area contributed by atoms with Gasteiger partial charge < -0.3 is 10.1 Å². The largest absolute Gasteiger partial charge is 0.384 e. The van der Waals surface area contributed by atoms with E-state index in [1.54, 1.807) is 6.07 Å². The van der Waals surface area contributed by atoms with Crippen molar-refractivity contribution in [3.63, 3.8) is 0 Å². The van der Waals surface area contributed by atoms with Crippen LogP contribution in [0.2, 0.25) is 0 Å². The van der Waals surface area contributed by atoms with Gasteiger partial charge in [-0.2, -0.15) is 5.26 Å².